The van der Waals surface area contributed by atoms with Crippen molar-refractivity contribution in [3.63, 3.8) is 0 Å². The van der Waals surface area contributed by atoms with Gasteiger partial charge in [0.1, 0.15) is 24.2 Å². The quantitative estimate of drug-likeness (QED) is 0.0432. The first-order valence-corrected chi connectivity index (χ1v) is 20.8. The molecule has 0 aliphatic rings. The molecule has 0 aliphatic carbocycles. The predicted octanol–water partition coefficient (Wildman–Crippen LogP) is 1.74. The van der Waals surface area contributed by atoms with E-state index in [1.807, 2.05) is 72.1 Å². The minimum absolute atomic E-state index is 0.0126. The van der Waals surface area contributed by atoms with Gasteiger partial charge in [-0.15, -0.1) is 11.3 Å². The Balaban J connectivity index is 1.44. The second-order valence-electron chi connectivity index (χ2n) is 14.7. The molecule has 0 radical (unpaired) electrons. The van der Waals surface area contributed by atoms with Crippen molar-refractivity contribution in [3.05, 3.63) is 107 Å². The zero-order valence-electron chi connectivity index (χ0n) is 33.3. The molecule has 0 fully saturated rings. The lowest BCUT2D eigenvalue weighted by atomic mass is 10.00. The second kappa shape index (κ2) is 22.2. The van der Waals surface area contributed by atoms with Crippen molar-refractivity contribution in [2.24, 2.45) is 22.9 Å². The maximum atomic E-state index is 14.6. The lowest BCUT2D eigenvalue weighted by molar-refractivity contribution is -0.134. The Hall–Kier alpha value is -6.30. The fraction of sp³-hybridized carbons (Fsp3) is 0.349. The van der Waals surface area contributed by atoms with Crippen LogP contribution >= 0.6 is 11.3 Å². The van der Waals surface area contributed by atoms with Gasteiger partial charge < -0.3 is 54.5 Å². The van der Waals surface area contributed by atoms with Crippen molar-refractivity contribution in [2.45, 2.75) is 81.6 Å². The summed E-state index contributed by atoms with van der Waals surface area (Å²) < 4.78 is 0.994. The first-order chi connectivity index (χ1) is 28.9. The number of primary amides is 2. The van der Waals surface area contributed by atoms with Crippen LogP contribution in [0.4, 0.5) is 4.79 Å². The largest absolute Gasteiger partial charge is 0.368 e. The average molecular weight is 839 g/mol. The summed E-state index contributed by atoms with van der Waals surface area (Å²) in [5, 5.41) is 17.4. The van der Waals surface area contributed by atoms with E-state index in [2.05, 4.69) is 31.6 Å². The summed E-state index contributed by atoms with van der Waals surface area (Å²) in [5.74, 6) is -3.27. The van der Waals surface area contributed by atoms with Gasteiger partial charge in [-0.2, -0.15) is 0 Å². The number of thiophene rings is 1. The molecule has 16 nitrogen and oxygen atoms in total. The molecule has 17 heteroatoms. The average Bonchev–Trinajstić information content (AvgIpc) is 3.85. The summed E-state index contributed by atoms with van der Waals surface area (Å²) in [6.07, 6.45) is 3.92. The number of carbonyl (C=O) groups excluding carboxylic acids is 6. The number of hydrogen-bond donors (Lipinski definition) is 10. The van der Waals surface area contributed by atoms with Crippen LogP contribution in [-0.4, -0.2) is 83.8 Å². The van der Waals surface area contributed by atoms with Crippen molar-refractivity contribution in [2.75, 3.05) is 13.1 Å². The van der Waals surface area contributed by atoms with Gasteiger partial charge in [0.25, 0.3) is 0 Å². The molecule has 5 atom stereocenters. The number of benzene rings is 3. The number of unbranched alkanes of at least 4 members (excludes halogenated alkanes) is 1. The molecule has 60 heavy (non-hydrogen) atoms. The third-order valence-corrected chi connectivity index (χ3v) is 11.2. The molecule has 0 unspecified atom stereocenters. The Morgan fingerprint density at radius 2 is 1.20 bits per heavy atom. The van der Waals surface area contributed by atoms with Crippen LogP contribution < -0.4 is 49.5 Å². The minimum atomic E-state index is -1.24. The minimum Gasteiger partial charge on any atom is -0.368 e. The molecule has 5 aromatic rings. The molecule has 2 heterocycles. The number of rotatable bonds is 23. The summed E-state index contributed by atoms with van der Waals surface area (Å²) in [6.45, 7) is 0.624. The zero-order valence-corrected chi connectivity index (χ0v) is 34.1. The molecule has 14 N–H and O–H groups in total. The number of fused-ring (bicyclic) bond motifs is 2. The SMILES string of the molecule is NCCCC[C@@H](NC(=O)[C@H](Cc1ccccc1)NC(=O)[C@@H](Cc1c[nH]c2ccccc12)NC(=O)[C@@H](Cc1csc2ccccc12)NC(=O)[C@H](N)CCCNC(N)=O)C(N)=O. The maximum Gasteiger partial charge on any atom is 0.312 e. The summed E-state index contributed by atoms with van der Waals surface area (Å²) in [5.41, 5.74) is 25.8. The number of hydrogen-bond acceptors (Lipinski definition) is 9. The van der Waals surface area contributed by atoms with Gasteiger partial charge in [0.15, 0.2) is 0 Å². The van der Waals surface area contributed by atoms with E-state index >= 15 is 0 Å². The molecule has 0 bridgehead atoms. The number of amides is 7. The van der Waals surface area contributed by atoms with Crippen LogP contribution in [0.15, 0.2) is 90.4 Å². The van der Waals surface area contributed by atoms with Gasteiger partial charge in [-0.3, -0.25) is 24.0 Å². The molecule has 2 aromatic heterocycles. The van der Waals surface area contributed by atoms with Gasteiger partial charge in [-0.25, -0.2) is 4.79 Å². The van der Waals surface area contributed by atoms with Crippen LogP contribution in [0.3, 0.4) is 0 Å². The number of aromatic amines is 1. The van der Waals surface area contributed by atoms with Gasteiger partial charge in [0.05, 0.1) is 6.04 Å². The molecule has 5 rings (SSSR count). The molecule has 0 aliphatic heterocycles. The van der Waals surface area contributed by atoms with Crippen molar-refractivity contribution in [3.8, 4) is 0 Å². The van der Waals surface area contributed by atoms with E-state index in [9.17, 15) is 28.8 Å². The molecule has 3 aromatic carbocycles. The number of nitrogens with one attached hydrogen (secondary N) is 6. The van der Waals surface area contributed by atoms with E-state index in [4.69, 9.17) is 22.9 Å². The van der Waals surface area contributed by atoms with E-state index in [1.165, 1.54) is 11.3 Å². The first kappa shape index (κ1) is 44.8. The fourth-order valence-corrected chi connectivity index (χ4v) is 7.92. The normalized spacial score (nSPS) is 13.7. The van der Waals surface area contributed by atoms with E-state index in [1.54, 1.807) is 18.3 Å². The Morgan fingerprint density at radius 1 is 0.617 bits per heavy atom. The van der Waals surface area contributed by atoms with Crippen molar-refractivity contribution in [1.82, 2.24) is 31.6 Å². The number of nitrogens with two attached hydrogens (primary N) is 4. The third-order valence-electron chi connectivity index (χ3n) is 10.2. The maximum absolute atomic E-state index is 14.6. The Morgan fingerprint density at radius 3 is 1.87 bits per heavy atom. The van der Waals surface area contributed by atoms with Crippen LogP contribution in [0, 0.1) is 0 Å². The molecule has 7 amide bonds. The highest BCUT2D eigenvalue weighted by molar-refractivity contribution is 7.17. The molecular weight excluding hydrogens is 785 g/mol. The lowest BCUT2D eigenvalue weighted by Gasteiger charge is -2.27. The van der Waals surface area contributed by atoms with Gasteiger partial charge in [0, 0.05) is 47.6 Å². The number of aromatic nitrogens is 1. The fourth-order valence-electron chi connectivity index (χ4n) is 6.95. The Labute approximate surface area is 352 Å². The number of urea groups is 1. The van der Waals surface area contributed by atoms with Crippen LogP contribution in [0.1, 0.15) is 48.8 Å². The highest BCUT2D eigenvalue weighted by atomic mass is 32.1. The van der Waals surface area contributed by atoms with Gasteiger partial charge in [0.2, 0.25) is 29.5 Å². The molecule has 0 spiro atoms. The molecule has 0 saturated heterocycles. The standard InChI is InChI=1S/C43H54N10O6S/c44-19-9-8-17-33(38(46)54)50-40(56)34(21-26-11-2-1-3-12-26)52-41(57)35(22-27-24-49-32-16-6-4-13-29(27)32)53-42(58)36(23-28-25-60-37-18-7-5-14-30(28)37)51-39(55)31(45)15-10-20-48-43(47)59/h1-7,11-14,16,18,24-25,31,33-36,49H,8-10,15,17,19-23,44-45H2,(H2,46,54)(H,50,56)(H,51,55)(H,52,57)(H,53,58)(H3,47,48,59)/t31-,33-,34+,35-,36-/m1/s1. The van der Waals surface area contributed by atoms with Crippen molar-refractivity contribution >= 4 is 67.9 Å². The summed E-state index contributed by atoms with van der Waals surface area (Å²) >= 11 is 1.50. The van der Waals surface area contributed by atoms with Crippen molar-refractivity contribution in [1.29, 1.82) is 0 Å². The predicted molar refractivity (Wildman–Crippen MR) is 232 cm³/mol. The van der Waals surface area contributed by atoms with Crippen LogP contribution in [0.2, 0.25) is 0 Å². The van der Waals surface area contributed by atoms with E-state index in [0.29, 0.717) is 25.8 Å². The molecular formula is C43H54N10O6S. The number of para-hydroxylation sites is 1. The topological polar surface area (TPSA) is 282 Å². The monoisotopic (exact) mass is 838 g/mol. The number of H-pyrrole nitrogens is 1. The van der Waals surface area contributed by atoms with Gasteiger partial charge in [-0.05, 0) is 78.2 Å². The Bertz CT molecular complexity index is 2240. The van der Waals surface area contributed by atoms with Crippen molar-refractivity contribution < 1.29 is 28.8 Å². The molecule has 318 valence electrons. The van der Waals surface area contributed by atoms with Crippen LogP contribution in [0.25, 0.3) is 21.0 Å². The summed E-state index contributed by atoms with van der Waals surface area (Å²) in [7, 11) is 0. The zero-order chi connectivity index (χ0) is 43.0. The number of carbonyl (C=O) groups is 6. The smallest absolute Gasteiger partial charge is 0.312 e. The van der Waals surface area contributed by atoms with E-state index in [0.717, 1.165) is 37.7 Å². The van der Waals surface area contributed by atoms with Crippen LogP contribution in [0.5, 0.6) is 0 Å². The first-order valence-electron chi connectivity index (χ1n) is 20.0. The third kappa shape index (κ3) is 12.8. The van der Waals surface area contributed by atoms with E-state index < -0.39 is 65.8 Å². The summed E-state index contributed by atoms with van der Waals surface area (Å²) in [6, 6.07) is 18.0. The molecule has 0 saturated carbocycles. The Kier molecular flexibility index (Phi) is 16.6. The highest BCUT2D eigenvalue weighted by Crippen LogP contribution is 2.27. The van der Waals surface area contributed by atoms with Gasteiger partial charge in [-0.1, -0.05) is 66.7 Å². The summed E-state index contributed by atoms with van der Waals surface area (Å²) in [4.78, 5) is 83.2. The van der Waals surface area contributed by atoms with E-state index in [-0.39, 0.29) is 38.6 Å². The second-order valence-corrected chi connectivity index (χ2v) is 15.6. The lowest BCUT2D eigenvalue weighted by Crippen LogP contribution is -2.59. The van der Waals surface area contributed by atoms with Crippen LogP contribution in [-0.2, 0) is 43.2 Å². The highest BCUT2D eigenvalue weighted by Gasteiger charge is 2.33. The van der Waals surface area contributed by atoms with Gasteiger partial charge >= 0.3 is 6.03 Å².